The second-order valence-corrected chi connectivity index (χ2v) is 3.07. The van der Waals surface area contributed by atoms with Crippen LogP contribution in [0.4, 0.5) is 0 Å². The highest BCUT2D eigenvalue weighted by atomic mass is 16.5. The summed E-state index contributed by atoms with van der Waals surface area (Å²) in [4.78, 5) is 0. The van der Waals surface area contributed by atoms with Crippen LogP contribution in [0.3, 0.4) is 0 Å². The molecule has 0 heterocycles. The average Bonchev–Trinajstić information content (AvgIpc) is 2.18. The van der Waals surface area contributed by atoms with Gasteiger partial charge >= 0.3 is 0 Å². The van der Waals surface area contributed by atoms with Crippen LogP contribution in [0, 0.1) is 11.5 Å². The van der Waals surface area contributed by atoms with E-state index in [4.69, 9.17) is 5.26 Å². The summed E-state index contributed by atoms with van der Waals surface area (Å²) in [5.41, 5.74) is 1.28. The van der Waals surface area contributed by atoms with Crippen LogP contribution in [0.5, 0.6) is 5.75 Å². The minimum Gasteiger partial charge on any atom is -0.388 e. The Labute approximate surface area is 78.8 Å². The molecule has 0 saturated carbocycles. The molecule has 1 aromatic carbocycles. The van der Waals surface area contributed by atoms with Gasteiger partial charge in [0, 0.05) is 0 Å². The summed E-state index contributed by atoms with van der Waals surface area (Å²) in [6.45, 7) is 4.34. The zero-order valence-electron chi connectivity index (χ0n) is 7.95. The van der Waals surface area contributed by atoms with Crippen molar-refractivity contribution in [3.05, 3.63) is 29.8 Å². The van der Waals surface area contributed by atoms with E-state index in [0.29, 0.717) is 11.7 Å². The summed E-state index contributed by atoms with van der Waals surface area (Å²) in [5, 5.41) is 8.27. The van der Waals surface area contributed by atoms with Gasteiger partial charge in [0.15, 0.2) is 0 Å². The molecule has 1 aromatic rings. The predicted molar refractivity (Wildman–Crippen MR) is 51.4 cm³/mol. The molecule has 1 atom stereocenters. The first-order valence-electron chi connectivity index (χ1n) is 4.43. The third-order valence-corrected chi connectivity index (χ3v) is 2.23. The van der Waals surface area contributed by atoms with Crippen molar-refractivity contribution in [1.29, 1.82) is 5.26 Å². The minimum atomic E-state index is 0.566. The molecule has 2 nitrogen and oxygen atoms in total. The summed E-state index contributed by atoms with van der Waals surface area (Å²) >= 11 is 0. The highest BCUT2D eigenvalue weighted by Gasteiger charge is 2.02. The number of ether oxygens (including phenoxy) is 1. The second-order valence-electron chi connectivity index (χ2n) is 3.07. The maximum Gasteiger partial charge on any atom is 0.292 e. The van der Waals surface area contributed by atoms with E-state index >= 15 is 0 Å². The van der Waals surface area contributed by atoms with E-state index in [1.54, 1.807) is 6.26 Å². The largest absolute Gasteiger partial charge is 0.388 e. The van der Waals surface area contributed by atoms with Crippen LogP contribution in [-0.2, 0) is 0 Å². The van der Waals surface area contributed by atoms with E-state index in [2.05, 4.69) is 18.6 Å². The van der Waals surface area contributed by atoms with Crippen molar-refractivity contribution < 1.29 is 4.74 Å². The molecule has 0 spiro atoms. The first kappa shape index (κ1) is 9.60. The van der Waals surface area contributed by atoms with Gasteiger partial charge in [0.1, 0.15) is 5.75 Å². The van der Waals surface area contributed by atoms with E-state index in [0.717, 1.165) is 6.42 Å². The molecule has 0 fully saturated rings. The lowest BCUT2D eigenvalue weighted by Crippen LogP contribution is -1.90. The fourth-order valence-corrected chi connectivity index (χ4v) is 1.15. The van der Waals surface area contributed by atoms with E-state index in [1.807, 2.05) is 24.3 Å². The van der Waals surface area contributed by atoms with Crippen LogP contribution in [0.2, 0.25) is 0 Å². The van der Waals surface area contributed by atoms with Gasteiger partial charge in [-0.15, -0.1) is 5.26 Å². The van der Waals surface area contributed by atoms with E-state index in [-0.39, 0.29) is 0 Å². The number of nitrogens with zero attached hydrogens (tertiary/aromatic N) is 1. The van der Waals surface area contributed by atoms with Crippen molar-refractivity contribution in [2.45, 2.75) is 26.2 Å². The van der Waals surface area contributed by atoms with E-state index < -0.39 is 0 Å². The van der Waals surface area contributed by atoms with Crippen LogP contribution >= 0.6 is 0 Å². The normalized spacial score (nSPS) is 11.8. The van der Waals surface area contributed by atoms with E-state index in [9.17, 15) is 0 Å². The lowest BCUT2D eigenvalue weighted by atomic mass is 9.99. The number of nitriles is 1. The van der Waals surface area contributed by atoms with Crippen LogP contribution < -0.4 is 4.74 Å². The SMILES string of the molecule is CCC(C)c1ccc(OC#N)cc1. The van der Waals surface area contributed by atoms with E-state index in [1.165, 1.54) is 5.56 Å². The molecule has 68 valence electrons. The number of hydrogen-bond acceptors (Lipinski definition) is 2. The highest BCUT2D eigenvalue weighted by Crippen LogP contribution is 2.21. The molecule has 0 amide bonds. The van der Waals surface area contributed by atoms with Gasteiger partial charge in [0.05, 0.1) is 0 Å². The van der Waals surface area contributed by atoms with Gasteiger partial charge in [-0.2, -0.15) is 0 Å². The molecule has 0 radical (unpaired) electrons. The monoisotopic (exact) mass is 175 g/mol. The van der Waals surface area contributed by atoms with Crippen molar-refractivity contribution in [2.75, 3.05) is 0 Å². The molecule has 1 unspecified atom stereocenters. The van der Waals surface area contributed by atoms with Gasteiger partial charge in [-0.3, -0.25) is 0 Å². The van der Waals surface area contributed by atoms with Crippen molar-refractivity contribution in [3.63, 3.8) is 0 Å². The number of benzene rings is 1. The molecule has 0 saturated heterocycles. The molecule has 0 aromatic heterocycles. The Balaban J connectivity index is 2.76. The fourth-order valence-electron chi connectivity index (χ4n) is 1.15. The molecular formula is C11H13NO. The third-order valence-electron chi connectivity index (χ3n) is 2.23. The Kier molecular flexibility index (Phi) is 3.33. The van der Waals surface area contributed by atoms with Crippen LogP contribution in [-0.4, -0.2) is 0 Å². The standard InChI is InChI=1S/C11H13NO/c1-3-9(2)10-4-6-11(7-5-10)13-8-12/h4-7,9H,3H2,1-2H3. The lowest BCUT2D eigenvalue weighted by molar-refractivity contribution is 0.506. The molecule has 2 heteroatoms. The Bertz CT molecular complexity index is 297. The first-order valence-corrected chi connectivity index (χ1v) is 4.43. The smallest absolute Gasteiger partial charge is 0.292 e. The Morgan fingerprint density at radius 1 is 1.38 bits per heavy atom. The van der Waals surface area contributed by atoms with Crippen LogP contribution in [0.1, 0.15) is 31.7 Å². The molecule has 13 heavy (non-hydrogen) atoms. The lowest BCUT2D eigenvalue weighted by Gasteiger charge is -2.08. The highest BCUT2D eigenvalue weighted by molar-refractivity contribution is 5.29. The van der Waals surface area contributed by atoms with Gasteiger partial charge in [0.25, 0.3) is 6.26 Å². The molecule has 0 N–H and O–H groups in total. The predicted octanol–water partition coefficient (Wildman–Crippen LogP) is 3.06. The zero-order valence-corrected chi connectivity index (χ0v) is 7.95. The summed E-state index contributed by atoms with van der Waals surface area (Å²) in [7, 11) is 0. The van der Waals surface area contributed by atoms with Crippen molar-refractivity contribution in [1.82, 2.24) is 0 Å². The van der Waals surface area contributed by atoms with Gasteiger partial charge in [-0.25, -0.2) is 0 Å². The molecule has 0 aliphatic rings. The second kappa shape index (κ2) is 4.51. The number of rotatable bonds is 3. The zero-order chi connectivity index (χ0) is 9.68. The maximum atomic E-state index is 8.27. The van der Waals surface area contributed by atoms with Gasteiger partial charge in [-0.05, 0) is 30.0 Å². The topological polar surface area (TPSA) is 33.0 Å². The summed E-state index contributed by atoms with van der Waals surface area (Å²) in [6, 6.07) is 7.65. The molecule has 1 rings (SSSR count). The molecule has 0 aliphatic heterocycles. The first-order chi connectivity index (χ1) is 6.27. The Hall–Kier alpha value is -1.49. The summed E-state index contributed by atoms with van der Waals surface area (Å²) in [5.74, 6) is 1.17. The quantitative estimate of drug-likeness (QED) is 0.661. The van der Waals surface area contributed by atoms with Crippen molar-refractivity contribution >= 4 is 0 Å². The molecular weight excluding hydrogens is 162 g/mol. The van der Waals surface area contributed by atoms with Crippen molar-refractivity contribution in [3.8, 4) is 12.0 Å². The minimum absolute atomic E-state index is 0.566. The summed E-state index contributed by atoms with van der Waals surface area (Å²) in [6.07, 6.45) is 2.77. The fraction of sp³-hybridized carbons (Fsp3) is 0.364. The van der Waals surface area contributed by atoms with Gasteiger partial charge in [-0.1, -0.05) is 26.0 Å². The van der Waals surface area contributed by atoms with Gasteiger partial charge in [0.2, 0.25) is 0 Å². The Morgan fingerprint density at radius 2 is 2.00 bits per heavy atom. The average molecular weight is 175 g/mol. The summed E-state index contributed by atoms with van der Waals surface area (Å²) < 4.78 is 4.68. The molecule has 0 bridgehead atoms. The van der Waals surface area contributed by atoms with Crippen LogP contribution in [0.15, 0.2) is 24.3 Å². The Morgan fingerprint density at radius 3 is 2.46 bits per heavy atom. The maximum absolute atomic E-state index is 8.27. The number of hydrogen-bond donors (Lipinski definition) is 0. The van der Waals surface area contributed by atoms with Gasteiger partial charge < -0.3 is 4.74 Å². The van der Waals surface area contributed by atoms with Crippen molar-refractivity contribution in [2.24, 2.45) is 0 Å². The van der Waals surface area contributed by atoms with Crippen LogP contribution in [0.25, 0.3) is 0 Å². The third kappa shape index (κ3) is 2.48. The molecule has 0 aliphatic carbocycles.